The van der Waals surface area contributed by atoms with E-state index in [1.807, 2.05) is 0 Å². The first kappa shape index (κ1) is 9.66. The third-order valence-corrected chi connectivity index (χ3v) is 2.19. The van der Waals surface area contributed by atoms with Gasteiger partial charge < -0.3 is 0 Å². The number of anilines is 1. The summed E-state index contributed by atoms with van der Waals surface area (Å²) in [4.78, 5) is 14.8. The molecule has 2 aromatic rings. The summed E-state index contributed by atoms with van der Waals surface area (Å²) in [5.74, 6) is -1.39. The molecular formula is C8H5FN4OS. The SMILES string of the molecule is O=C(Nc1nncs1)c1cccnc1F. The highest BCUT2D eigenvalue weighted by Gasteiger charge is 2.12. The molecule has 0 unspecified atom stereocenters. The largest absolute Gasteiger partial charge is 0.296 e. The Hall–Kier alpha value is -1.89. The molecule has 0 aromatic carbocycles. The average Bonchev–Trinajstić information content (AvgIpc) is 2.71. The van der Waals surface area contributed by atoms with Gasteiger partial charge in [0.2, 0.25) is 11.1 Å². The smallest absolute Gasteiger partial charge is 0.262 e. The van der Waals surface area contributed by atoms with Crippen LogP contribution in [0.5, 0.6) is 0 Å². The van der Waals surface area contributed by atoms with Crippen LogP contribution in [-0.2, 0) is 0 Å². The number of hydrogen-bond acceptors (Lipinski definition) is 5. The van der Waals surface area contributed by atoms with Gasteiger partial charge in [0.25, 0.3) is 5.91 Å². The second kappa shape index (κ2) is 4.09. The van der Waals surface area contributed by atoms with Gasteiger partial charge in [-0.25, -0.2) is 4.98 Å². The van der Waals surface area contributed by atoms with Crippen molar-refractivity contribution in [3.05, 3.63) is 35.4 Å². The standard InChI is InChI=1S/C8H5FN4OS/c9-6-5(2-1-3-10-6)7(14)12-8-13-11-4-15-8/h1-4H,(H,12,13,14). The minimum absolute atomic E-state index is 0.118. The summed E-state index contributed by atoms with van der Waals surface area (Å²) in [6.07, 6.45) is 1.27. The van der Waals surface area contributed by atoms with Crippen LogP contribution in [0.3, 0.4) is 0 Å². The maximum absolute atomic E-state index is 13.1. The van der Waals surface area contributed by atoms with Crippen molar-refractivity contribution in [3.63, 3.8) is 0 Å². The number of nitrogens with one attached hydrogen (secondary N) is 1. The molecule has 5 nitrogen and oxygen atoms in total. The van der Waals surface area contributed by atoms with Crippen molar-refractivity contribution in [3.8, 4) is 0 Å². The van der Waals surface area contributed by atoms with E-state index in [4.69, 9.17) is 0 Å². The van der Waals surface area contributed by atoms with E-state index in [-0.39, 0.29) is 5.56 Å². The number of rotatable bonds is 2. The summed E-state index contributed by atoms with van der Waals surface area (Å²) >= 11 is 1.15. The van der Waals surface area contributed by atoms with E-state index in [1.165, 1.54) is 23.8 Å². The van der Waals surface area contributed by atoms with Gasteiger partial charge in [-0.3, -0.25) is 10.1 Å². The number of carbonyl (C=O) groups excluding carboxylic acids is 1. The number of nitrogens with zero attached hydrogens (tertiary/aromatic N) is 3. The topological polar surface area (TPSA) is 67.8 Å². The van der Waals surface area contributed by atoms with E-state index in [2.05, 4.69) is 20.5 Å². The molecule has 0 fully saturated rings. The van der Waals surface area contributed by atoms with Crippen LogP contribution in [0.1, 0.15) is 10.4 Å². The van der Waals surface area contributed by atoms with Crippen LogP contribution < -0.4 is 5.32 Å². The molecule has 1 amide bonds. The molecule has 76 valence electrons. The summed E-state index contributed by atoms with van der Waals surface area (Å²) < 4.78 is 13.1. The van der Waals surface area contributed by atoms with Crippen LogP contribution in [0.15, 0.2) is 23.8 Å². The van der Waals surface area contributed by atoms with Gasteiger partial charge in [0.05, 0.1) is 5.56 Å². The van der Waals surface area contributed by atoms with Crippen molar-refractivity contribution in [2.45, 2.75) is 0 Å². The first-order chi connectivity index (χ1) is 7.27. The summed E-state index contributed by atoms with van der Waals surface area (Å²) in [5, 5.41) is 9.87. The lowest BCUT2D eigenvalue weighted by Gasteiger charge is -2.00. The molecule has 2 heterocycles. The third kappa shape index (κ3) is 2.13. The predicted molar refractivity (Wildman–Crippen MR) is 52.1 cm³/mol. The van der Waals surface area contributed by atoms with Gasteiger partial charge in [0.1, 0.15) is 5.51 Å². The Labute approximate surface area is 88.0 Å². The number of hydrogen-bond donors (Lipinski definition) is 1. The minimum atomic E-state index is -0.806. The van der Waals surface area contributed by atoms with Gasteiger partial charge in [-0.2, -0.15) is 4.39 Å². The summed E-state index contributed by atoms with van der Waals surface area (Å²) in [6, 6.07) is 2.83. The lowest BCUT2D eigenvalue weighted by molar-refractivity contribution is 0.102. The van der Waals surface area contributed by atoms with E-state index in [0.29, 0.717) is 5.13 Å². The number of aromatic nitrogens is 3. The fourth-order valence-electron chi connectivity index (χ4n) is 0.947. The van der Waals surface area contributed by atoms with Gasteiger partial charge in [-0.1, -0.05) is 11.3 Å². The molecule has 1 N–H and O–H groups in total. The van der Waals surface area contributed by atoms with E-state index in [1.54, 1.807) is 0 Å². The molecule has 0 aliphatic rings. The van der Waals surface area contributed by atoms with Gasteiger partial charge in [-0.15, -0.1) is 10.2 Å². The lowest BCUT2D eigenvalue weighted by Crippen LogP contribution is -2.14. The van der Waals surface area contributed by atoms with Gasteiger partial charge in [0, 0.05) is 6.20 Å². The van der Waals surface area contributed by atoms with Gasteiger partial charge >= 0.3 is 0 Å². The first-order valence-corrected chi connectivity index (χ1v) is 4.83. The molecule has 2 rings (SSSR count). The fourth-order valence-corrected chi connectivity index (χ4v) is 1.39. The Bertz CT molecular complexity index is 473. The van der Waals surface area contributed by atoms with Gasteiger partial charge in [0.15, 0.2) is 0 Å². The predicted octanol–water partition coefficient (Wildman–Crippen LogP) is 1.32. The Morgan fingerprint density at radius 1 is 1.53 bits per heavy atom. The molecule has 0 aliphatic heterocycles. The average molecular weight is 224 g/mol. The summed E-state index contributed by atoms with van der Waals surface area (Å²) in [6.45, 7) is 0. The second-order valence-electron chi connectivity index (χ2n) is 2.54. The Balaban J connectivity index is 2.19. The molecule has 0 atom stereocenters. The number of pyridine rings is 1. The number of amides is 1. The van der Waals surface area contributed by atoms with Crippen LogP contribution in [0, 0.1) is 5.95 Å². The molecule has 2 aromatic heterocycles. The zero-order valence-electron chi connectivity index (χ0n) is 7.35. The maximum atomic E-state index is 13.1. The highest BCUT2D eigenvalue weighted by Crippen LogP contribution is 2.11. The van der Waals surface area contributed by atoms with Crippen LogP contribution in [-0.4, -0.2) is 21.1 Å². The van der Waals surface area contributed by atoms with Crippen LogP contribution in [0.4, 0.5) is 9.52 Å². The Morgan fingerprint density at radius 2 is 2.40 bits per heavy atom. The third-order valence-electron chi connectivity index (χ3n) is 1.58. The van der Waals surface area contributed by atoms with Crippen LogP contribution in [0.2, 0.25) is 0 Å². The highest BCUT2D eigenvalue weighted by atomic mass is 32.1. The molecule has 0 bridgehead atoms. The number of halogens is 1. The molecule has 15 heavy (non-hydrogen) atoms. The second-order valence-corrected chi connectivity index (χ2v) is 3.37. The lowest BCUT2D eigenvalue weighted by atomic mass is 10.2. The van der Waals surface area contributed by atoms with Crippen molar-refractivity contribution in [2.24, 2.45) is 0 Å². The van der Waals surface area contributed by atoms with E-state index in [9.17, 15) is 9.18 Å². The zero-order chi connectivity index (χ0) is 10.7. The van der Waals surface area contributed by atoms with Crippen LogP contribution in [0.25, 0.3) is 0 Å². The van der Waals surface area contributed by atoms with E-state index >= 15 is 0 Å². The zero-order valence-corrected chi connectivity index (χ0v) is 8.16. The first-order valence-electron chi connectivity index (χ1n) is 3.95. The summed E-state index contributed by atoms with van der Waals surface area (Å²) in [5.41, 5.74) is 1.35. The monoisotopic (exact) mass is 224 g/mol. The van der Waals surface area contributed by atoms with E-state index in [0.717, 1.165) is 11.3 Å². The van der Waals surface area contributed by atoms with Crippen molar-refractivity contribution in [1.29, 1.82) is 0 Å². The molecule has 0 saturated heterocycles. The summed E-state index contributed by atoms with van der Waals surface area (Å²) in [7, 11) is 0. The quantitative estimate of drug-likeness (QED) is 0.781. The normalized spacial score (nSPS) is 9.93. The van der Waals surface area contributed by atoms with Crippen molar-refractivity contribution in [1.82, 2.24) is 15.2 Å². The minimum Gasteiger partial charge on any atom is -0.296 e. The maximum Gasteiger partial charge on any atom is 0.262 e. The molecular weight excluding hydrogens is 219 g/mol. The molecule has 0 saturated carbocycles. The molecule has 7 heteroatoms. The highest BCUT2D eigenvalue weighted by molar-refractivity contribution is 7.13. The van der Waals surface area contributed by atoms with E-state index < -0.39 is 11.9 Å². The van der Waals surface area contributed by atoms with Crippen molar-refractivity contribution < 1.29 is 9.18 Å². The Kier molecular flexibility index (Phi) is 2.64. The van der Waals surface area contributed by atoms with Crippen molar-refractivity contribution >= 4 is 22.4 Å². The molecule has 0 radical (unpaired) electrons. The Morgan fingerprint density at radius 3 is 3.07 bits per heavy atom. The molecule has 0 aliphatic carbocycles. The van der Waals surface area contributed by atoms with Gasteiger partial charge in [-0.05, 0) is 12.1 Å². The van der Waals surface area contributed by atoms with Crippen LogP contribution >= 0.6 is 11.3 Å². The van der Waals surface area contributed by atoms with Crippen molar-refractivity contribution in [2.75, 3.05) is 5.32 Å². The molecule has 0 spiro atoms. The number of carbonyl (C=O) groups is 1. The fraction of sp³-hybridized carbons (Fsp3) is 0.